The van der Waals surface area contributed by atoms with Gasteiger partial charge in [-0.05, 0) is 183 Å². The van der Waals surface area contributed by atoms with E-state index in [4.69, 9.17) is 98.0 Å². The highest BCUT2D eigenvalue weighted by molar-refractivity contribution is 7.90. The van der Waals surface area contributed by atoms with Crippen LogP contribution in [0.3, 0.4) is 0 Å². The molecule has 3 heterocycles. The van der Waals surface area contributed by atoms with E-state index >= 15 is 0 Å². The molecule has 24 nitrogen and oxygen atoms in total. The molecule has 0 bridgehead atoms. The molecule has 0 saturated heterocycles. The van der Waals surface area contributed by atoms with E-state index in [1.807, 2.05) is 57.5 Å². The van der Waals surface area contributed by atoms with Gasteiger partial charge in [0.05, 0.1) is 107 Å². The summed E-state index contributed by atoms with van der Waals surface area (Å²) in [5.41, 5.74) is 8.43. The lowest BCUT2D eigenvalue weighted by molar-refractivity contribution is -0.910. The largest absolute Gasteiger partial charge is 0.379 e. The number of quaternary nitrogens is 1. The molecule has 638 valence electrons. The van der Waals surface area contributed by atoms with Gasteiger partial charge < -0.3 is 58.2 Å². The maximum Gasteiger partial charge on any atom is 0.314 e. The molecule has 2 amide bonds. The first-order valence-corrected chi connectivity index (χ1v) is 46.4. The molecular weight excluding hydrogens is 1670 g/mol. The van der Waals surface area contributed by atoms with E-state index in [1.165, 1.54) is 0 Å². The lowest BCUT2D eigenvalue weighted by atomic mass is 9.85. The van der Waals surface area contributed by atoms with Gasteiger partial charge in [0, 0.05) is 165 Å². The van der Waals surface area contributed by atoms with Gasteiger partial charge >= 0.3 is 6.03 Å². The van der Waals surface area contributed by atoms with E-state index in [0.29, 0.717) is 152 Å². The lowest BCUT2D eigenvalue weighted by Crippen LogP contribution is -2.47. The monoisotopic (exact) mass is 1780 g/mol. The first kappa shape index (κ1) is 94.8. The predicted molar refractivity (Wildman–Crippen MR) is 457 cm³/mol. The molecule has 3 aliphatic rings. The first-order valence-electron chi connectivity index (χ1n) is 39.7. The van der Waals surface area contributed by atoms with Crippen LogP contribution < -0.4 is 24.8 Å². The SMILES string of the molecule is CN1Cc2c(Cl)cc(Cl)cc2[C@H](c2cccc(S(=O)(=O)NCCOCCOCCCC(=O)CCCC[N+](C)(CCCCC(=O)CCCOCCOCCNS(=O)(=O)c3cccc([C@@H]4CN(C)Cc5c(Cl)cc(Cl)cc54)c3)CCCNC(=O)NCCOCCOCCNS(=O)(=O)c3cccc([C@@H]4CN(C)Cc5c(Cl)cc(Cl)cc54)c3)c2)C1. The number of halogens is 6. The summed E-state index contributed by atoms with van der Waals surface area (Å²) < 4.78 is 123. The van der Waals surface area contributed by atoms with Gasteiger partial charge in [-0.15, -0.1) is 0 Å². The van der Waals surface area contributed by atoms with E-state index in [1.54, 1.807) is 72.8 Å². The topological polar surface area (TPSA) is 279 Å². The maximum absolute atomic E-state index is 13.4. The van der Waals surface area contributed by atoms with Crippen LogP contribution in [0.15, 0.2) is 124 Å². The number of fused-ring (bicyclic) bond motifs is 3. The summed E-state index contributed by atoms with van der Waals surface area (Å²) in [6, 6.07) is 31.3. The predicted octanol–water partition coefficient (Wildman–Crippen LogP) is 12.8. The Hall–Kier alpha value is -5.00. The van der Waals surface area contributed by atoms with Crippen LogP contribution in [-0.2, 0) is 87.7 Å². The van der Waals surface area contributed by atoms with Gasteiger partial charge in [0.15, 0.2) is 0 Å². The number of nitrogens with one attached hydrogen (secondary N) is 5. The minimum Gasteiger partial charge on any atom is -0.379 e. The van der Waals surface area contributed by atoms with E-state index in [0.717, 1.165) is 95.4 Å². The Labute approximate surface area is 715 Å². The van der Waals surface area contributed by atoms with Crippen molar-refractivity contribution in [2.45, 2.75) is 123 Å². The quantitative estimate of drug-likeness (QED) is 0.0175. The van der Waals surface area contributed by atoms with Crippen molar-refractivity contribution in [2.75, 3.05) is 179 Å². The van der Waals surface area contributed by atoms with Crippen molar-refractivity contribution >= 4 is 117 Å². The Kier molecular flexibility index (Phi) is 38.8. The van der Waals surface area contributed by atoms with Gasteiger partial charge in [0.2, 0.25) is 30.1 Å². The fourth-order valence-electron chi connectivity index (χ4n) is 15.0. The van der Waals surface area contributed by atoms with Crippen LogP contribution in [0.4, 0.5) is 4.79 Å². The summed E-state index contributed by atoms with van der Waals surface area (Å²) >= 11 is 38.9. The zero-order chi connectivity index (χ0) is 83.3. The van der Waals surface area contributed by atoms with Crippen molar-refractivity contribution in [3.8, 4) is 0 Å². The third kappa shape index (κ3) is 30.3. The minimum atomic E-state index is -3.84. The van der Waals surface area contributed by atoms with E-state index in [-0.39, 0.29) is 129 Å². The van der Waals surface area contributed by atoms with Crippen LogP contribution >= 0.6 is 69.6 Å². The summed E-state index contributed by atoms with van der Waals surface area (Å²) in [5, 5.41) is 9.12. The number of hydrogen-bond donors (Lipinski definition) is 5. The highest BCUT2D eigenvalue weighted by atomic mass is 35.5. The lowest BCUT2D eigenvalue weighted by Gasteiger charge is -2.35. The number of ether oxygens (including phenoxy) is 6. The van der Waals surface area contributed by atoms with Gasteiger partial charge in [-0.2, -0.15) is 0 Å². The second-order valence-corrected chi connectivity index (χ2v) is 38.1. The number of unbranched alkanes of at least 4 members (excludes halogenated alkanes) is 2. The normalized spacial score (nSPS) is 16.3. The average Bonchev–Trinajstić information content (AvgIpc) is 0.781. The molecule has 0 unspecified atom stereocenters. The second kappa shape index (κ2) is 47.4. The third-order valence-corrected chi connectivity index (χ3v) is 27.0. The highest BCUT2D eigenvalue weighted by Gasteiger charge is 2.33. The molecule has 6 aromatic carbocycles. The summed E-state index contributed by atoms with van der Waals surface area (Å²) in [7, 11) is -3.32. The number of sulfonamides is 3. The maximum atomic E-state index is 13.4. The van der Waals surface area contributed by atoms with Crippen molar-refractivity contribution in [1.29, 1.82) is 0 Å². The number of carbonyl (C=O) groups is 3. The number of nitrogens with zero attached hydrogens (tertiary/aromatic N) is 4. The number of ketones is 2. The summed E-state index contributed by atoms with van der Waals surface area (Å²) in [6.07, 6.45) is 6.54. The molecule has 0 aromatic heterocycles. The zero-order valence-electron chi connectivity index (χ0n) is 66.7. The van der Waals surface area contributed by atoms with E-state index in [9.17, 15) is 39.6 Å². The smallest absolute Gasteiger partial charge is 0.314 e. The molecule has 9 rings (SSSR count). The fourth-order valence-corrected chi connectivity index (χ4v) is 19.9. The van der Waals surface area contributed by atoms with Gasteiger partial charge in [0.1, 0.15) is 11.6 Å². The minimum absolute atomic E-state index is 0.0563. The summed E-state index contributed by atoms with van der Waals surface area (Å²) in [5.74, 6) is -0.0295. The third-order valence-electron chi connectivity index (χ3n) is 20.9. The average molecular weight is 1780 g/mol. The van der Waals surface area contributed by atoms with E-state index in [2.05, 4.69) is 46.5 Å². The van der Waals surface area contributed by atoms with Crippen molar-refractivity contribution in [1.82, 2.24) is 39.5 Å². The van der Waals surface area contributed by atoms with Crippen LogP contribution in [0.2, 0.25) is 30.1 Å². The Morgan fingerprint density at radius 3 is 1.03 bits per heavy atom. The molecule has 0 fully saturated rings. The molecule has 3 aliphatic heterocycles. The zero-order valence-corrected chi connectivity index (χ0v) is 73.7. The molecule has 0 aliphatic carbocycles. The highest BCUT2D eigenvalue weighted by Crippen LogP contribution is 2.42. The van der Waals surface area contributed by atoms with Crippen LogP contribution in [0.5, 0.6) is 0 Å². The molecule has 0 spiro atoms. The standard InChI is InChI=1S/C83H111Cl6N9O15S3/c1-95-54-74(71-48-63(84)51-80(87)77(71)57-95)60-15-9-22-68(45-60)114(102,103)92-27-36-111-41-39-108-33-12-20-66(99)18-5-7-30-98(4,31-8-6-19-67(100)21-13-34-109-40-42-112-37-28-93-115(104,105)69-23-10-16-61(46-69)75-55-96(2)58-78-72(75)49-64(85)52-81(78)88)32-14-25-90-83(101)91-26-35-110-43-44-113-38-29-94-116(106,107)70-24-11-17-62(47-70)76-56-97(3)59-79-73(76)50-65(86)53-82(79)89/h9-11,15-17,22-24,45-53,74-76,92-94H,5-8,12-14,18-21,25-44,54-59H2,1-4H3,(H-,90,91,101)/p+1/t74-,75-,76-/m0/s1. The molecule has 33 heteroatoms. The van der Waals surface area contributed by atoms with Gasteiger partial charge in [-0.3, -0.25) is 9.59 Å². The Morgan fingerprint density at radius 2 is 0.681 bits per heavy atom. The van der Waals surface area contributed by atoms with Crippen molar-refractivity contribution in [3.63, 3.8) is 0 Å². The van der Waals surface area contributed by atoms with Crippen molar-refractivity contribution in [2.24, 2.45) is 0 Å². The van der Waals surface area contributed by atoms with Crippen LogP contribution in [0, 0.1) is 0 Å². The van der Waals surface area contributed by atoms with Crippen molar-refractivity contribution < 1.29 is 72.5 Å². The van der Waals surface area contributed by atoms with Crippen molar-refractivity contribution in [3.05, 3.63) is 189 Å². The van der Waals surface area contributed by atoms with Gasteiger partial charge in [-0.1, -0.05) is 106 Å². The Balaban J connectivity index is 0.622. The summed E-state index contributed by atoms with van der Waals surface area (Å²) in [6.45, 7) is 10.3. The Morgan fingerprint density at radius 1 is 0.379 bits per heavy atom. The molecular formula is C83H112Cl6N9O15S3+. The molecule has 116 heavy (non-hydrogen) atoms. The number of carbonyl (C=O) groups excluding carboxylic acids is 3. The number of urea groups is 1. The molecule has 0 radical (unpaired) electrons. The molecule has 5 N–H and O–H groups in total. The molecule has 0 saturated carbocycles. The number of benzene rings is 6. The van der Waals surface area contributed by atoms with E-state index < -0.39 is 30.1 Å². The number of likely N-dealkylation sites (N-methyl/N-ethyl adjacent to an activating group) is 3. The summed E-state index contributed by atoms with van der Waals surface area (Å²) in [4.78, 5) is 45.8. The first-order chi connectivity index (χ1) is 55.6. The number of hydrogen-bond acceptors (Lipinski definition) is 18. The van der Waals surface area contributed by atoms with Crippen LogP contribution in [0.25, 0.3) is 0 Å². The number of rotatable bonds is 52. The van der Waals surface area contributed by atoms with Gasteiger partial charge in [0.25, 0.3) is 0 Å². The molecule has 6 aromatic rings. The number of Topliss-reactive ketones (excluding diaryl/α,β-unsaturated/α-hetero) is 2. The fraction of sp³-hybridized carbons (Fsp3) is 0.530. The van der Waals surface area contributed by atoms with Crippen LogP contribution in [0.1, 0.15) is 138 Å². The second-order valence-electron chi connectivity index (χ2n) is 30.2. The Bertz CT molecular complexity index is 4130. The van der Waals surface area contributed by atoms with Gasteiger partial charge in [-0.25, -0.2) is 44.2 Å². The van der Waals surface area contributed by atoms with Crippen LogP contribution in [-0.4, -0.2) is 241 Å². The number of amides is 2. The molecule has 3 atom stereocenters.